The van der Waals surface area contributed by atoms with Gasteiger partial charge in [-0.15, -0.1) is 0 Å². The summed E-state index contributed by atoms with van der Waals surface area (Å²) < 4.78 is 20.7. The molecule has 0 spiro atoms. The number of carbonyl (C=O) groups is 1. The molecule has 6 nitrogen and oxygen atoms in total. The number of piperidine rings is 1. The zero-order valence-corrected chi connectivity index (χ0v) is 21.5. The number of rotatable bonds is 8. The van der Waals surface area contributed by atoms with E-state index in [-0.39, 0.29) is 11.7 Å². The molecule has 37 heavy (non-hydrogen) atoms. The number of amides is 1. The van der Waals surface area contributed by atoms with Crippen LogP contribution in [0.1, 0.15) is 41.5 Å². The Bertz CT molecular complexity index is 1360. The second kappa shape index (κ2) is 11.2. The van der Waals surface area contributed by atoms with E-state index in [0.29, 0.717) is 47.6 Å². The van der Waals surface area contributed by atoms with Crippen molar-refractivity contribution in [2.24, 2.45) is 5.92 Å². The highest BCUT2D eigenvalue weighted by molar-refractivity contribution is 6.30. The van der Waals surface area contributed by atoms with Gasteiger partial charge >= 0.3 is 0 Å². The number of nitrogens with one attached hydrogen (secondary N) is 1. The molecule has 5 rings (SSSR count). The van der Waals surface area contributed by atoms with E-state index in [1.54, 1.807) is 28.8 Å². The fourth-order valence-electron chi connectivity index (χ4n) is 4.75. The summed E-state index contributed by atoms with van der Waals surface area (Å²) in [4.78, 5) is 20.0. The van der Waals surface area contributed by atoms with Crippen LogP contribution in [-0.4, -0.2) is 35.0 Å². The van der Waals surface area contributed by atoms with Crippen molar-refractivity contribution in [3.8, 4) is 5.75 Å². The Morgan fingerprint density at radius 3 is 2.51 bits per heavy atom. The molecule has 0 atom stereocenters. The number of aryl methyl sites for hydroxylation is 1. The van der Waals surface area contributed by atoms with Crippen molar-refractivity contribution >= 4 is 28.8 Å². The highest BCUT2D eigenvalue weighted by Crippen LogP contribution is 2.25. The largest absolute Gasteiger partial charge is 0.493 e. The first-order chi connectivity index (χ1) is 18.0. The van der Waals surface area contributed by atoms with Gasteiger partial charge in [0.15, 0.2) is 0 Å². The molecule has 1 aliphatic rings. The molecule has 0 radical (unpaired) electrons. The second-order valence-electron chi connectivity index (χ2n) is 9.38. The van der Waals surface area contributed by atoms with E-state index in [4.69, 9.17) is 16.3 Å². The van der Waals surface area contributed by atoms with Gasteiger partial charge in [-0.25, -0.2) is 9.37 Å². The third kappa shape index (κ3) is 5.88. The maximum atomic E-state index is 13.1. The second-order valence-corrected chi connectivity index (χ2v) is 9.82. The lowest BCUT2D eigenvalue weighted by atomic mass is 9.97. The standard InChI is InChI=1S/C29H30ClFN4O2/c1-2-26-28(35-18-22(30)5-12-27(35)33-26)29(36)32-17-20-3-8-24(9-4-20)34-15-13-21(14-16-34)19-37-25-10-6-23(31)7-11-25/h3-12,18,21H,2,13-17,19H2,1H3,(H,32,36). The number of nitrogens with zero attached hydrogens (tertiary/aromatic N) is 3. The normalized spacial score (nSPS) is 14.2. The molecule has 0 aliphatic carbocycles. The van der Waals surface area contributed by atoms with E-state index in [1.165, 1.54) is 17.8 Å². The molecule has 0 bridgehead atoms. The van der Waals surface area contributed by atoms with Gasteiger partial charge in [-0.1, -0.05) is 30.7 Å². The third-order valence-electron chi connectivity index (χ3n) is 6.87. The number of aromatic nitrogens is 2. The van der Waals surface area contributed by atoms with E-state index in [9.17, 15) is 9.18 Å². The van der Waals surface area contributed by atoms with Crippen LogP contribution in [0.2, 0.25) is 5.02 Å². The van der Waals surface area contributed by atoms with Crippen LogP contribution in [0.15, 0.2) is 66.9 Å². The average molecular weight is 521 g/mol. The summed E-state index contributed by atoms with van der Waals surface area (Å²) in [7, 11) is 0. The molecule has 3 heterocycles. The van der Waals surface area contributed by atoms with Crippen molar-refractivity contribution in [1.29, 1.82) is 0 Å². The fourth-order valence-corrected chi connectivity index (χ4v) is 4.91. The first kappa shape index (κ1) is 25.1. The van der Waals surface area contributed by atoms with Gasteiger partial charge in [-0.3, -0.25) is 9.20 Å². The SMILES string of the molecule is CCc1nc2ccc(Cl)cn2c1C(=O)NCc1ccc(N2CCC(COc3ccc(F)cc3)CC2)cc1. The number of halogens is 2. The maximum absolute atomic E-state index is 13.1. The Balaban J connectivity index is 1.13. The summed E-state index contributed by atoms with van der Waals surface area (Å²) in [5, 5.41) is 3.59. The van der Waals surface area contributed by atoms with Gasteiger partial charge in [-0.05, 0) is 79.3 Å². The summed E-state index contributed by atoms with van der Waals surface area (Å²) in [5.41, 5.74) is 4.20. The van der Waals surface area contributed by atoms with Gasteiger partial charge in [0.25, 0.3) is 5.91 Å². The van der Waals surface area contributed by atoms with Gasteiger partial charge in [-0.2, -0.15) is 0 Å². The molecular formula is C29H30ClFN4O2. The summed E-state index contributed by atoms with van der Waals surface area (Å²) in [5.74, 6) is 0.776. The number of hydrogen-bond acceptors (Lipinski definition) is 4. The summed E-state index contributed by atoms with van der Waals surface area (Å²) in [6, 6.07) is 18.1. The van der Waals surface area contributed by atoms with Crippen molar-refractivity contribution in [1.82, 2.24) is 14.7 Å². The Kier molecular flexibility index (Phi) is 7.60. The van der Waals surface area contributed by atoms with Crippen LogP contribution in [0.3, 0.4) is 0 Å². The van der Waals surface area contributed by atoms with Crippen molar-refractivity contribution in [3.05, 3.63) is 94.7 Å². The van der Waals surface area contributed by atoms with Gasteiger partial charge < -0.3 is 15.0 Å². The number of fused-ring (bicyclic) bond motifs is 1. The molecular weight excluding hydrogens is 491 g/mol. The van der Waals surface area contributed by atoms with Crippen LogP contribution in [0.4, 0.5) is 10.1 Å². The molecule has 0 unspecified atom stereocenters. The topological polar surface area (TPSA) is 58.9 Å². The van der Waals surface area contributed by atoms with Crippen molar-refractivity contribution in [2.45, 2.75) is 32.7 Å². The molecule has 1 N–H and O–H groups in total. The first-order valence-electron chi connectivity index (χ1n) is 12.7. The average Bonchev–Trinajstić information content (AvgIpc) is 3.30. The van der Waals surface area contributed by atoms with Gasteiger partial charge in [0.2, 0.25) is 0 Å². The lowest BCUT2D eigenvalue weighted by molar-refractivity contribution is 0.0944. The number of ether oxygens (including phenoxy) is 1. The van der Waals surface area contributed by atoms with Gasteiger partial charge in [0, 0.05) is 31.5 Å². The van der Waals surface area contributed by atoms with E-state index in [1.807, 2.05) is 13.0 Å². The molecule has 1 saturated heterocycles. The Labute approximate surface area is 221 Å². The molecule has 192 valence electrons. The minimum Gasteiger partial charge on any atom is -0.493 e. The van der Waals surface area contributed by atoms with Crippen LogP contribution < -0.4 is 15.0 Å². The molecule has 1 amide bonds. The van der Waals surface area contributed by atoms with Crippen LogP contribution in [0, 0.1) is 11.7 Å². The monoisotopic (exact) mass is 520 g/mol. The minimum atomic E-state index is -0.253. The molecule has 0 saturated carbocycles. The maximum Gasteiger partial charge on any atom is 0.270 e. The molecule has 2 aromatic heterocycles. The van der Waals surface area contributed by atoms with Crippen LogP contribution in [-0.2, 0) is 13.0 Å². The van der Waals surface area contributed by atoms with Crippen LogP contribution >= 0.6 is 11.6 Å². The first-order valence-corrected chi connectivity index (χ1v) is 13.0. The third-order valence-corrected chi connectivity index (χ3v) is 7.10. The summed E-state index contributed by atoms with van der Waals surface area (Å²) in [6.07, 6.45) is 4.47. The van der Waals surface area contributed by atoms with Gasteiger partial charge in [0.1, 0.15) is 22.9 Å². The minimum absolute atomic E-state index is 0.166. The van der Waals surface area contributed by atoms with Crippen LogP contribution in [0.5, 0.6) is 5.75 Å². The van der Waals surface area contributed by atoms with E-state index in [2.05, 4.69) is 39.5 Å². The molecule has 1 aliphatic heterocycles. The van der Waals surface area contributed by atoms with Crippen LogP contribution in [0.25, 0.3) is 5.65 Å². The smallest absolute Gasteiger partial charge is 0.270 e. The number of imidazole rings is 1. The Morgan fingerprint density at radius 1 is 1.08 bits per heavy atom. The summed E-state index contributed by atoms with van der Waals surface area (Å²) in [6.45, 7) is 4.99. The predicted octanol–water partition coefficient (Wildman–Crippen LogP) is 5.91. The zero-order valence-electron chi connectivity index (χ0n) is 20.8. The number of pyridine rings is 1. The number of benzene rings is 2. The zero-order chi connectivity index (χ0) is 25.8. The predicted molar refractivity (Wildman–Crippen MR) is 144 cm³/mol. The highest BCUT2D eigenvalue weighted by atomic mass is 35.5. The highest BCUT2D eigenvalue weighted by Gasteiger charge is 2.21. The number of anilines is 1. The lowest BCUT2D eigenvalue weighted by Crippen LogP contribution is -2.35. The Morgan fingerprint density at radius 2 is 1.81 bits per heavy atom. The quantitative estimate of drug-likeness (QED) is 0.313. The molecule has 1 fully saturated rings. The molecule has 2 aromatic carbocycles. The van der Waals surface area contributed by atoms with Crippen molar-refractivity contribution in [2.75, 3.05) is 24.6 Å². The van der Waals surface area contributed by atoms with E-state index in [0.717, 1.165) is 37.2 Å². The van der Waals surface area contributed by atoms with Crippen molar-refractivity contribution in [3.63, 3.8) is 0 Å². The fraction of sp³-hybridized carbons (Fsp3) is 0.310. The van der Waals surface area contributed by atoms with Crippen molar-refractivity contribution < 1.29 is 13.9 Å². The molecule has 4 aromatic rings. The number of hydrogen-bond donors (Lipinski definition) is 1. The summed E-state index contributed by atoms with van der Waals surface area (Å²) >= 11 is 6.15. The number of carbonyl (C=O) groups excluding carboxylic acids is 1. The van der Waals surface area contributed by atoms with E-state index < -0.39 is 0 Å². The molecule has 8 heteroatoms. The van der Waals surface area contributed by atoms with E-state index >= 15 is 0 Å². The van der Waals surface area contributed by atoms with Gasteiger partial charge in [0.05, 0.1) is 17.3 Å². The lowest BCUT2D eigenvalue weighted by Gasteiger charge is -2.33. The Hall–Kier alpha value is -3.58.